The van der Waals surface area contributed by atoms with E-state index in [4.69, 9.17) is 0 Å². The summed E-state index contributed by atoms with van der Waals surface area (Å²) < 4.78 is 14.1. The molecule has 2 unspecified atom stereocenters. The molecule has 0 amide bonds. The average Bonchev–Trinajstić information content (AvgIpc) is 2.73. The highest BCUT2D eigenvalue weighted by molar-refractivity contribution is 5.97. The van der Waals surface area contributed by atoms with E-state index in [1.165, 1.54) is 0 Å². The maximum atomic E-state index is 14.1. The molecule has 126 valence electrons. The van der Waals surface area contributed by atoms with Crippen molar-refractivity contribution in [1.29, 1.82) is 0 Å². The standard InChI is InChI=1S/C19H25FO3/c1-18-5-3-11(21)7-10(18)8-15(22)16-12(18)4-6-19(2)13(16)9-14(20)17(19)23/h8,11-14,16,21H,3-7,9H2,1-2H3/t11?,12-,13+,14?,16-,18+,19+/m1/s1. The van der Waals surface area contributed by atoms with Gasteiger partial charge in [-0.3, -0.25) is 9.59 Å². The predicted molar refractivity (Wildman–Crippen MR) is 83.4 cm³/mol. The van der Waals surface area contributed by atoms with Crippen LogP contribution >= 0.6 is 0 Å². The van der Waals surface area contributed by atoms with E-state index in [2.05, 4.69) is 6.92 Å². The van der Waals surface area contributed by atoms with Gasteiger partial charge in [-0.2, -0.15) is 0 Å². The van der Waals surface area contributed by atoms with Gasteiger partial charge in [0.1, 0.15) is 0 Å². The number of ketones is 2. The highest BCUT2D eigenvalue weighted by Crippen LogP contribution is 2.63. The summed E-state index contributed by atoms with van der Waals surface area (Å²) in [4.78, 5) is 25.2. The molecule has 0 aromatic heterocycles. The molecular weight excluding hydrogens is 295 g/mol. The van der Waals surface area contributed by atoms with Crippen molar-refractivity contribution in [2.75, 3.05) is 0 Å². The van der Waals surface area contributed by atoms with E-state index in [0.29, 0.717) is 12.8 Å². The summed E-state index contributed by atoms with van der Waals surface area (Å²) in [6.07, 6.45) is 3.91. The van der Waals surface area contributed by atoms with E-state index in [1.54, 1.807) is 6.08 Å². The van der Waals surface area contributed by atoms with E-state index >= 15 is 0 Å². The van der Waals surface area contributed by atoms with E-state index in [9.17, 15) is 19.1 Å². The van der Waals surface area contributed by atoms with Crippen LogP contribution in [0.3, 0.4) is 0 Å². The van der Waals surface area contributed by atoms with Crippen molar-refractivity contribution in [3.63, 3.8) is 0 Å². The van der Waals surface area contributed by atoms with Gasteiger partial charge in [-0.1, -0.05) is 19.4 Å². The first kappa shape index (κ1) is 15.5. The van der Waals surface area contributed by atoms with Crippen LogP contribution < -0.4 is 0 Å². The normalized spacial score (nSPS) is 52.5. The molecular formula is C19H25FO3. The Morgan fingerprint density at radius 1 is 1.13 bits per heavy atom. The van der Waals surface area contributed by atoms with Crippen LogP contribution in [-0.2, 0) is 9.59 Å². The van der Waals surface area contributed by atoms with E-state index in [-0.39, 0.29) is 47.3 Å². The number of Topliss-reactive ketones (excluding diaryl/α,β-unsaturated/α-hetero) is 1. The molecule has 7 atom stereocenters. The van der Waals surface area contributed by atoms with Gasteiger partial charge in [-0.25, -0.2) is 4.39 Å². The van der Waals surface area contributed by atoms with Gasteiger partial charge in [0.15, 0.2) is 17.7 Å². The van der Waals surface area contributed by atoms with Crippen molar-refractivity contribution in [3.05, 3.63) is 11.6 Å². The minimum absolute atomic E-state index is 0.0643. The lowest BCUT2D eigenvalue weighted by Gasteiger charge is -2.55. The Morgan fingerprint density at radius 2 is 1.83 bits per heavy atom. The molecule has 0 saturated heterocycles. The number of hydrogen-bond acceptors (Lipinski definition) is 3. The zero-order valence-corrected chi connectivity index (χ0v) is 13.8. The molecule has 0 radical (unpaired) electrons. The Kier molecular flexibility index (Phi) is 3.20. The summed E-state index contributed by atoms with van der Waals surface area (Å²) in [7, 11) is 0. The largest absolute Gasteiger partial charge is 0.393 e. The fraction of sp³-hybridized carbons (Fsp3) is 0.789. The first-order chi connectivity index (χ1) is 10.8. The molecule has 4 aliphatic rings. The quantitative estimate of drug-likeness (QED) is 0.746. The molecule has 0 bridgehead atoms. The van der Waals surface area contributed by atoms with Crippen molar-refractivity contribution in [1.82, 2.24) is 0 Å². The maximum absolute atomic E-state index is 14.1. The van der Waals surface area contributed by atoms with Crippen molar-refractivity contribution < 1.29 is 19.1 Å². The summed E-state index contributed by atoms with van der Waals surface area (Å²) >= 11 is 0. The van der Waals surface area contributed by atoms with Crippen LogP contribution in [0.25, 0.3) is 0 Å². The van der Waals surface area contributed by atoms with Gasteiger partial charge in [0.25, 0.3) is 0 Å². The highest BCUT2D eigenvalue weighted by Gasteiger charge is 2.63. The number of rotatable bonds is 0. The number of fused-ring (bicyclic) bond motifs is 5. The van der Waals surface area contributed by atoms with Crippen molar-refractivity contribution in [2.45, 2.75) is 64.6 Å². The molecule has 0 heterocycles. The zero-order chi connectivity index (χ0) is 16.6. The Morgan fingerprint density at radius 3 is 2.57 bits per heavy atom. The molecule has 0 aliphatic heterocycles. The molecule has 0 spiro atoms. The summed E-state index contributed by atoms with van der Waals surface area (Å²) in [5, 5.41) is 9.96. The molecule has 3 nitrogen and oxygen atoms in total. The van der Waals surface area contributed by atoms with Gasteiger partial charge >= 0.3 is 0 Å². The molecule has 0 aromatic rings. The monoisotopic (exact) mass is 320 g/mol. The van der Waals surface area contributed by atoms with Crippen LogP contribution in [0.4, 0.5) is 4.39 Å². The maximum Gasteiger partial charge on any atom is 0.173 e. The fourth-order valence-electron chi connectivity index (χ4n) is 6.14. The summed E-state index contributed by atoms with van der Waals surface area (Å²) in [5.41, 5.74) is 0.343. The number of allylic oxidation sites excluding steroid dienone is 1. The van der Waals surface area contributed by atoms with Gasteiger partial charge in [0.2, 0.25) is 0 Å². The Labute approximate surface area is 136 Å². The number of aliphatic hydroxyl groups is 1. The number of carbonyl (C=O) groups excluding carboxylic acids is 2. The lowest BCUT2D eigenvalue weighted by molar-refractivity contribution is -0.140. The Balaban J connectivity index is 1.76. The van der Waals surface area contributed by atoms with Crippen LogP contribution in [-0.4, -0.2) is 28.9 Å². The summed E-state index contributed by atoms with van der Waals surface area (Å²) in [6, 6.07) is 0. The molecule has 23 heavy (non-hydrogen) atoms. The second-order valence-corrected chi connectivity index (χ2v) is 8.65. The molecule has 4 heteroatoms. The van der Waals surface area contributed by atoms with Crippen LogP contribution in [0.1, 0.15) is 52.4 Å². The average molecular weight is 320 g/mol. The summed E-state index contributed by atoms with van der Waals surface area (Å²) in [5.74, 6) is -0.402. The van der Waals surface area contributed by atoms with E-state index in [1.807, 2.05) is 6.92 Å². The van der Waals surface area contributed by atoms with Gasteiger partial charge in [-0.15, -0.1) is 0 Å². The third kappa shape index (κ3) is 1.90. The minimum atomic E-state index is -1.40. The molecule has 3 fully saturated rings. The van der Waals surface area contributed by atoms with Gasteiger partial charge in [-0.05, 0) is 61.9 Å². The Bertz CT molecular complexity index is 612. The molecule has 1 N–H and O–H groups in total. The first-order valence-corrected chi connectivity index (χ1v) is 8.89. The van der Waals surface area contributed by atoms with Crippen LogP contribution in [0.5, 0.6) is 0 Å². The fourth-order valence-corrected chi connectivity index (χ4v) is 6.14. The number of halogens is 1. The van der Waals surface area contributed by atoms with Gasteiger partial charge in [0, 0.05) is 11.3 Å². The van der Waals surface area contributed by atoms with E-state index < -0.39 is 11.6 Å². The molecule has 0 aromatic carbocycles. The number of carbonyl (C=O) groups is 2. The SMILES string of the molecule is C[C@]12CCC(O)CC1=CC(=O)[C@@H]1[C@H]2CC[C@]2(C)C(=O)C(F)C[C@@H]12. The van der Waals surface area contributed by atoms with Crippen molar-refractivity contribution in [2.24, 2.45) is 28.6 Å². The van der Waals surface area contributed by atoms with Crippen molar-refractivity contribution >= 4 is 11.6 Å². The molecule has 4 rings (SSSR count). The lowest BCUT2D eigenvalue weighted by atomic mass is 9.48. The van der Waals surface area contributed by atoms with E-state index in [0.717, 1.165) is 24.8 Å². The first-order valence-electron chi connectivity index (χ1n) is 8.89. The molecule has 3 saturated carbocycles. The predicted octanol–water partition coefficient (Wildman–Crippen LogP) is 3.01. The topological polar surface area (TPSA) is 54.4 Å². The van der Waals surface area contributed by atoms with Crippen molar-refractivity contribution in [3.8, 4) is 0 Å². The molecule has 4 aliphatic carbocycles. The third-order valence-electron chi connectivity index (χ3n) is 7.62. The van der Waals surface area contributed by atoms with Crippen LogP contribution in [0.2, 0.25) is 0 Å². The lowest BCUT2D eigenvalue weighted by Crippen LogP contribution is -2.53. The second kappa shape index (κ2) is 4.75. The minimum Gasteiger partial charge on any atom is -0.393 e. The highest BCUT2D eigenvalue weighted by atomic mass is 19.1. The van der Waals surface area contributed by atoms with Crippen LogP contribution in [0, 0.1) is 28.6 Å². The zero-order valence-electron chi connectivity index (χ0n) is 13.8. The van der Waals surface area contributed by atoms with Gasteiger partial charge < -0.3 is 5.11 Å². The number of aliphatic hydroxyl groups excluding tert-OH is 1. The number of alkyl halides is 1. The summed E-state index contributed by atoms with van der Waals surface area (Å²) in [6.45, 7) is 4.08. The number of hydrogen-bond donors (Lipinski definition) is 1. The second-order valence-electron chi connectivity index (χ2n) is 8.65. The Hall–Kier alpha value is -1.03. The smallest absolute Gasteiger partial charge is 0.173 e. The third-order valence-corrected chi connectivity index (χ3v) is 7.62. The van der Waals surface area contributed by atoms with Gasteiger partial charge in [0.05, 0.1) is 6.10 Å². The van der Waals surface area contributed by atoms with Crippen LogP contribution in [0.15, 0.2) is 11.6 Å².